The Balaban J connectivity index is 1.65. The summed E-state index contributed by atoms with van der Waals surface area (Å²) in [5.74, 6) is 0. The summed E-state index contributed by atoms with van der Waals surface area (Å²) in [6.45, 7) is 6.50. The third-order valence-electron chi connectivity index (χ3n) is 3.47. The Morgan fingerprint density at radius 2 is 2.15 bits per heavy atom. The van der Waals surface area contributed by atoms with E-state index in [9.17, 15) is 0 Å². The number of fused-ring (bicyclic) bond motifs is 1. The van der Waals surface area contributed by atoms with Crippen molar-refractivity contribution in [3.63, 3.8) is 0 Å². The molecule has 2 aromatic heterocycles. The summed E-state index contributed by atoms with van der Waals surface area (Å²) in [4.78, 5) is 0. The summed E-state index contributed by atoms with van der Waals surface area (Å²) in [5.41, 5.74) is 4.31. The fourth-order valence-corrected chi connectivity index (χ4v) is 2.34. The topological polar surface area (TPSA) is 55.9 Å². The summed E-state index contributed by atoms with van der Waals surface area (Å²) >= 11 is 0. The molecular weight excluding hydrogens is 252 g/mol. The van der Waals surface area contributed by atoms with Gasteiger partial charge in [-0.2, -0.15) is 0 Å². The van der Waals surface area contributed by atoms with Gasteiger partial charge in [0.25, 0.3) is 0 Å². The number of aryl methyl sites for hydroxylation is 2. The van der Waals surface area contributed by atoms with E-state index in [1.165, 1.54) is 5.56 Å². The van der Waals surface area contributed by atoms with Gasteiger partial charge in [0.15, 0.2) is 0 Å². The van der Waals surface area contributed by atoms with Crippen molar-refractivity contribution in [1.29, 1.82) is 0 Å². The molecule has 5 heteroatoms. The molecule has 3 rings (SSSR count). The van der Waals surface area contributed by atoms with Gasteiger partial charge < -0.3 is 9.73 Å². The molecule has 0 aliphatic heterocycles. The summed E-state index contributed by atoms with van der Waals surface area (Å²) in [7, 11) is 0. The summed E-state index contributed by atoms with van der Waals surface area (Å²) < 4.78 is 7.27. The molecular formula is C15H18N4O. The van der Waals surface area contributed by atoms with Gasteiger partial charge in [-0.3, -0.25) is 0 Å². The molecule has 3 aromatic rings. The zero-order valence-electron chi connectivity index (χ0n) is 11.8. The van der Waals surface area contributed by atoms with Crippen LogP contribution in [0, 0.1) is 6.92 Å². The highest BCUT2D eigenvalue weighted by Gasteiger charge is 2.07. The van der Waals surface area contributed by atoms with Crippen LogP contribution in [0.2, 0.25) is 0 Å². The second kappa shape index (κ2) is 5.46. The first-order chi connectivity index (χ1) is 9.78. The van der Waals surface area contributed by atoms with Crippen LogP contribution in [-0.2, 0) is 19.6 Å². The number of nitrogens with zero attached hydrogens (tertiary/aromatic N) is 3. The Morgan fingerprint density at radius 3 is 3.00 bits per heavy atom. The van der Waals surface area contributed by atoms with Crippen LogP contribution in [0.25, 0.3) is 11.0 Å². The van der Waals surface area contributed by atoms with Crippen molar-refractivity contribution in [2.45, 2.75) is 33.5 Å². The molecule has 0 fully saturated rings. The quantitative estimate of drug-likeness (QED) is 0.774. The van der Waals surface area contributed by atoms with E-state index in [2.05, 4.69) is 34.7 Å². The maximum Gasteiger partial charge on any atom is 0.133 e. The minimum Gasteiger partial charge on any atom is -0.464 e. The molecule has 0 aliphatic carbocycles. The molecule has 1 N–H and O–H groups in total. The van der Waals surface area contributed by atoms with Crippen LogP contribution in [0.1, 0.15) is 23.9 Å². The predicted molar refractivity (Wildman–Crippen MR) is 77.2 cm³/mol. The van der Waals surface area contributed by atoms with E-state index in [1.807, 2.05) is 23.7 Å². The van der Waals surface area contributed by atoms with Gasteiger partial charge in [0.2, 0.25) is 0 Å². The van der Waals surface area contributed by atoms with Gasteiger partial charge in [-0.15, -0.1) is 5.10 Å². The third-order valence-corrected chi connectivity index (χ3v) is 3.47. The highest BCUT2D eigenvalue weighted by molar-refractivity contribution is 5.77. The Labute approximate surface area is 117 Å². The van der Waals surface area contributed by atoms with Crippen LogP contribution in [0.5, 0.6) is 0 Å². The van der Waals surface area contributed by atoms with E-state index in [0.29, 0.717) is 0 Å². The van der Waals surface area contributed by atoms with Gasteiger partial charge >= 0.3 is 0 Å². The molecule has 2 heterocycles. The molecule has 20 heavy (non-hydrogen) atoms. The van der Waals surface area contributed by atoms with E-state index < -0.39 is 0 Å². The standard InChI is InChI=1S/C15H18N4O/c1-3-19-14(11(2)17-18-19)10-16-9-12-4-5-15-13(8-12)6-7-20-15/h4-8,16H,3,9-10H2,1-2H3. The van der Waals surface area contributed by atoms with Gasteiger partial charge in [-0.05, 0) is 37.6 Å². The van der Waals surface area contributed by atoms with Crippen molar-refractivity contribution in [2.75, 3.05) is 0 Å². The van der Waals surface area contributed by atoms with Gasteiger partial charge in [-0.25, -0.2) is 4.68 Å². The van der Waals surface area contributed by atoms with Crippen molar-refractivity contribution in [3.05, 3.63) is 47.5 Å². The molecule has 0 spiro atoms. The van der Waals surface area contributed by atoms with Crippen LogP contribution < -0.4 is 5.32 Å². The molecule has 0 radical (unpaired) electrons. The lowest BCUT2D eigenvalue weighted by atomic mass is 10.1. The second-order valence-corrected chi connectivity index (χ2v) is 4.83. The van der Waals surface area contributed by atoms with Crippen LogP contribution in [0.4, 0.5) is 0 Å². The summed E-state index contributed by atoms with van der Waals surface area (Å²) in [6.07, 6.45) is 1.72. The SMILES string of the molecule is CCn1nnc(C)c1CNCc1ccc2occc2c1. The Bertz CT molecular complexity index is 714. The minimum absolute atomic E-state index is 0.774. The van der Waals surface area contributed by atoms with Crippen molar-refractivity contribution in [2.24, 2.45) is 0 Å². The summed E-state index contributed by atoms with van der Waals surface area (Å²) in [6, 6.07) is 8.23. The van der Waals surface area contributed by atoms with Gasteiger partial charge in [-0.1, -0.05) is 11.3 Å². The zero-order valence-corrected chi connectivity index (χ0v) is 11.8. The lowest BCUT2D eigenvalue weighted by Gasteiger charge is -2.07. The molecule has 0 amide bonds. The Hall–Kier alpha value is -2.14. The molecule has 0 bridgehead atoms. The number of hydrogen-bond donors (Lipinski definition) is 1. The van der Waals surface area contributed by atoms with Crippen LogP contribution in [0.15, 0.2) is 34.9 Å². The molecule has 104 valence electrons. The fourth-order valence-electron chi connectivity index (χ4n) is 2.34. The first-order valence-corrected chi connectivity index (χ1v) is 6.83. The maximum absolute atomic E-state index is 5.34. The molecule has 1 aromatic carbocycles. The average molecular weight is 270 g/mol. The molecule has 0 atom stereocenters. The predicted octanol–water partition coefficient (Wildman–Crippen LogP) is 2.64. The summed E-state index contributed by atoms with van der Waals surface area (Å²) in [5, 5.41) is 12.8. The van der Waals surface area contributed by atoms with Crippen molar-refractivity contribution >= 4 is 11.0 Å². The number of rotatable bonds is 5. The van der Waals surface area contributed by atoms with Gasteiger partial charge in [0.1, 0.15) is 5.58 Å². The van der Waals surface area contributed by atoms with Crippen LogP contribution in [-0.4, -0.2) is 15.0 Å². The lowest BCUT2D eigenvalue weighted by molar-refractivity contribution is 0.567. The maximum atomic E-state index is 5.34. The fraction of sp³-hybridized carbons (Fsp3) is 0.333. The van der Waals surface area contributed by atoms with Crippen molar-refractivity contribution < 1.29 is 4.42 Å². The largest absolute Gasteiger partial charge is 0.464 e. The van der Waals surface area contributed by atoms with Gasteiger partial charge in [0, 0.05) is 25.0 Å². The molecule has 5 nitrogen and oxygen atoms in total. The highest BCUT2D eigenvalue weighted by Crippen LogP contribution is 2.17. The number of aromatic nitrogens is 3. The third kappa shape index (κ3) is 2.44. The van der Waals surface area contributed by atoms with Crippen LogP contribution >= 0.6 is 0 Å². The Morgan fingerprint density at radius 1 is 1.25 bits per heavy atom. The second-order valence-electron chi connectivity index (χ2n) is 4.83. The van der Waals surface area contributed by atoms with E-state index in [-0.39, 0.29) is 0 Å². The molecule has 0 saturated carbocycles. The first-order valence-electron chi connectivity index (χ1n) is 6.83. The van der Waals surface area contributed by atoms with Crippen molar-refractivity contribution in [1.82, 2.24) is 20.3 Å². The first kappa shape index (κ1) is 12.9. The average Bonchev–Trinajstić information content (AvgIpc) is 3.05. The highest BCUT2D eigenvalue weighted by atomic mass is 16.3. The number of hydrogen-bond acceptors (Lipinski definition) is 4. The normalized spacial score (nSPS) is 11.3. The monoisotopic (exact) mass is 270 g/mol. The minimum atomic E-state index is 0.774. The van der Waals surface area contributed by atoms with E-state index >= 15 is 0 Å². The number of furan rings is 1. The number of nitrogens with one attached hydrogen (secondary N) is 1. The van der Waals surface area contributed by atoms with E-state index in [1.54, 1.807) is 6.26 Å². The van der Waals surface area contributed by atoms with Crippen molar-refractivity contribution in [3.8, 4) is 0 Å². The van der Waals surface area contributed by atoms with Gasteiger partial charge in [0.05, 0.1) is 17.7 Å². The Kier molecular flexibility index (Phi) is 3.52. The van der Waals surface area contributed by atoms with E-state index in [0.717, 1.165) is 42.0 Å². The van der Waals surface area contributed by atoms with Crippen LogP contribution in [0.3, 0.4) is 0 Å². The zero-order chi connectivity index (χ0) is 13.9. The number of benzene rings is 1. The smallest absolute Gasteiger partial charge is 0.133 e. The molecule has 0 unspecified atom stereocenters. The lowest BCUT2D eigenvalue weighted by Crippen LogP contribution is -2.16. The molecule has 0 aliphatic rings. The van der Waals surface area contributed by atoms with E-state index in [4.69, 9.17) is 4.42 Å². The molecule has 0 saturated heterocycles.